The van der Waals surface area contributed by atoms with Gasteiger partial charge in [-0.05, 0) is 49.9 Å². The van der Waals surface area contributed by atoms with Crippen LogP contribution in [0.3, 0.4) is 0 Å². The summed E-state index contributed by atoms with van der Waals surface area (Å²) in [5.41, 5.74) is 7.90. The Morgan fingerprint density at radius 3 is 2.84 bits per heavy atom. The highest BCUT2D eigenvalue weighted by Gasteiger charge is 2.33. The van der Waals surface area contributed by atoms with Gasteiger partial charge in [-0.3, -0.25) is 0 Å². The van der Waals surface area contributed by atoms with Gasteiger partial charge in [-0.1, -0.05) is 13.8 Å². The molecule has 1 aromatic rings. The standard InChI is InChI=1S/C15H26N4/c1-11-7-14(17-8-13(11)16)18-10-15(2,3)12-5-6-19(4)9-12/h7-8,12H,5-6,9-10,16H2,1-4H3,(H,17,18). The summed E-state index contributed by atoms with van der Waals surface area (Å²) < 4.78 is 0. The Kier molecular flexibility index (Phi) is 3.99. The third-order valence-electron chi connectivity index (χ3n) is 4.37. The van der Waals surface area contributed by atoms with Crippen molar-refractivity contribution in [3.63, 3.8) is 0 Å². The van der Waals surface area contributed by atoms with E-state index in [-0.39, 0.29) is 5.41 Å². The van der Waals surface area contributed by atoms with E-state index in [1.165, 1.54) is 19.5 Å². The molecule has 0 amide bonds. The first kappa shape index (κ1) is 14.1. The third kappa shape index (κ3) is 3.38. The number of pyridine rings is 1. The molecule has 1 aliphatic heterocycles. The van der Waals surface area contributed by atoms with Gasteiger partial charge >= 0.3 is 0 Å². The zero-order valence-electron chi connectivity index (χ0n) is 12.5. The summed E-state index contributed by atoms with van der Waals surface area (Å²) in [6, 6.07) is 2.02. The van der Waals surface area contributed by atoms with E-state index in [0.29, 0.717) is 0 Å². The minimum absolute atomic E-state index is 0.279. The van der Waals surface area contributed by atoms with E-state index in [4.69, 9.17) is 5.73 Å². The maximum Gasteiger partial charge on any atom is 0.126 e. The molecule has 1 fully saturated rings. The highest BCUT2D eigenvalue weighted by atomic mass is 15.1. The van der Waals surface area contributed by atoms with Crippen molar-refractivity contribution >= 4 is 11.5 Å². The van der Waals surface area contributed by atoms with Crippen LogP contribution in [0.1, 0.15) is 25.8 Å². The minimum atomic E-state index is 0.279. The summed E-state index contributed by atoms with van der Waals surface area (Å²) in [7, 11) is 2.20. The van der Waals surface area contributed by atoms with Crippen molar-refractivity contribution in [1.82, 2.24) is 9.88 Å². The Balaban J connectivity index is 1.95. The Morgan fingerprint density at radius 2 is 2.26 bits per heavy atom. The molecule has 1 atom stereocenters. The van der Waals surface area contributed by atoms with Gasteiger partial charge in [-0.25, -0.2) is 4.98 Å². The molecular weight excluding hydrogens is 236 g/mol. The molecule has 4 nitrogen and oxygen atoms in total. The molecule has 1 unspecified atom stereocenters. The summed E-state index contributed by atoms with van der Waals surface area (Å²) in [6.07, 6.45) is 3.02. The molecular formula is C15H26N4. The van der Waals surface area contributed by atoms with E-state index in [9.17, 15) is 0 Å². The molecule has 1 saturated heterocycles. The molecule has 0 saturated carbocycles. The molecule has 4 heteroatoms. The number of anilines is 2. The highest BCUT2D eigenvalue weighted by molar-refractivity contribution is 5.50. The van der Waals surface area contributed by atoms with Gasteiger partial charge in [0.25, 0.3) is 0 Å². The van der Waals surface area contributed by atoms with E-state index < -0.39 is 0 Å². The van der Waals surface area contributed by atoms with Gasteiger partial charge in [-0.15, -0.1) is 0 Å². The van der Waals surface area contributed by atoms with Crippen molar-refractivity contribution in [1.29, 1.82) is 0 Å². The van der Waals surface area contributed by atoms with Crippen molar-refractivity contribution in [3.05, 3.63) is 17.8 Å². The van der Waals surface area contributed by atoms with Gasteiger partial charge in [0.1, 0.15) is 5.82 Å². The van der Waals surface area contributed by atoms with Crippen LogP contribution in [-0.4, -0.2) is 36.6 Å². The van der Waals surface area contributed by atoms with E-state index in [1.807, 2.05) is 13.0 Å². The van der Waals surface area contributed by atoms with Crippen molar-refractivity contribution in [3.8, 4) is 0 Å². The maximum absolute atomic E-state index is 5.79. The lowest BCUT2D eigenvalue weighted by atomic mass is 9.78. The van der Waals surface area contributed by atoms with Crippen LogP contribution >= 0.6 is 0 Å². The molecule has 0 aliphatic carbocycles. The first-order chi connectivity index (χ1) is 8.88. The monoisotopic (exact) mass is 262 g/mol. The topological polar surface area (TPSA) is 54.2 Å². The smallest absolute Gasteiger partial charge is 0.126 e. The number of aromatic nitrogens is 1. The lowest BCUT2D eigenvalue weighted by molar-refractivity contribution is 0.230. The molecule has 1 aromatic heterocycles. The minimum Gasteiger partial charge on any atom is -0.397 e. The quantitative estimate of drug-likeness (QED) is 0.874. The van der Waals surface area contributed by atoms with Gasteiger partial charge in [0.15, 0.2) is 0 Å². The summed E-state index contributed by atoms with van der Waals surface area (Å²) in [5, 5.41) is 3.46. The summed E-state index contributed by atoms with van der Waals surface area (Å²) in [5.74, 6) is 1.67. The number of aryl methyl sites for hydroxylation is 1. The van der Waals surface area contributed by atoms with E-state index >= 15 is 0 Å². The zero-order chi connectivity index (χ0) is 14.0. The molecule has 0 aromatic carbocycles. The van der Waals surface area contributed by atoms with E-state index in [0.717, 1.165) is 29.5 Å². The molecule has 0 bridgehead atoms. The van der Waals surface area contributed by atoms with Gasteiger partial charge in [0.05, 0.1) is 11.9 Å². The molecule has 2 heterocycles. The first-order valence-electron chi connectivity index (χ1n) is 7.03. The van der Waals surface area contributed by atoms with E-state index in [1.54, 1.807) is 6.20 Å². The molecule has 0 radical (unpaired) electrons. The Morgan fingerprint density at radius 1 is 1.53 bits per heavy atom. The molecule has 2 rings (SSSR count). The van der Waals surface area contributed by atoms with Crippen molar-refractivity contribution in [2.75, 3.05) is 37.7 Å². The van der Waals surface area contributed by atoms with Gasteiger partial charge in [-0.2, -0.15) is 0 Å². The second-order valence-corrected chi connectivity index (χ2v) is 6.52. The van der Waals surface area contributed by atoms with Crippen LogP contribution in [0, 0.1) is 18.3 Å². The number of nitrogens with two attached hydrogens (primary N) is 1. The largest absolute Gasteiger partial charge is 0.397 e. The summed E-state index contributed by atoms with van der Waals surface area (Å²) >= 11 is 0. The summed E-state index contributed by atoms with van der Waals surface area (Å²) in [6.45, 7) is 10.1. The molecule has 1 aliphatic rings. The predicted octanol–water partition coefficient (Wildman–Crippen LogP) is 2.36. The van der Waals surface area contributed by atoms with Crippen LogP contribution in [-0.2, 0) is 0 Å². The van der Waals surface area contributed by atoms with Gasteiger partial charge in [0, 0.05) is 13.1 Å². The SMILES string of the molecule is Cc1cc(NCC(C)(C)C2CCN(C)C2)ncc1N. The zero-order valence-corrected chi connectivity index (χ0v) is 12.5. The highest BCUT2D eigenvalue weighted by Crippen LogP contribution is 2.33. The van der Waals surface area contributed by atoms with Crippen LogP contribution in [0.25, 0.3) is 0 Å². The molecule has 3 N–H and O–H groups in total. The van der Waals surface area contributed by atoms with E-state index in [2.05, 4.69) is 36.1 Å². The Hall–Kier alpha value is -1.29. The lowest BCUT2D eigenvalue weighted by Gasteiger charge is -2.32. The lowest BCUT2D eigenvalue weighted by Crippen LogP contribution is -2.33. The normalized spacial score (nSPS) is 20.7. The average molecular weight is 262 g/mol. The van der Waals surface area contributed by atoms with Crippen LogP contribution in [0.2, 0.25) is 0 Å². The second-order valence-electron chi connectivity index (χ2n) is 6.52. The Labute approximate surface area is 116 Å². The number of nitrogens with one attached hydrogen (secondary N) is 1. The van der Waals surface area contributed by atoms with Gasteiger partial charge in [0.2, 0.25) is 0 Å². The number of hydrogen-bond donors (Lipinski definition) is 2. The van der Waals surface area contributed by atoms with Crippen LogP contribution < -0.4 is 11.1 Å². The van der Waals surface area contributed by atoms with Crippen LogP contribution in [0.15, 0.2) is 12.3 Å². The molecule has 19 heavy (non-hydrogen) atoms. The van der Waals surface area contributed by atoms with Crippen molar-refractivity contribution in [2.45, 2.75) is 27.2 Å². The first-order valence-corrected chi connectivity index (χ1v) is 7.03. The molecule has 106 valence electrons. The van der Waals surface area contributed by atoms with Crippen molar-refractivity contribution in [2.24, 2.45) is 11.3 Å². The van der Waals surface area contributed by atoms with Crippen LogP contribution in [0.5, 0.6) is 0 Å². The number of nitrogen functional groups attached to an aromatic ring is 1. The number of likely N-dealkylation sites (tertiary alicyclic amines) is 1. The fraction of sp³-hybridized carbons (Fsp3) is 0.667. The fourth-order valence-corrected chi connectivity index (χ4v) is 2.70. The second kappa shape index (κ2) is 5.37. The number of hydrogen-bond acceptors (Lipinski definition) is 4. The third-order valence-corrected chi connectivity index (χ3v) is 4.37. The number of rotatable bonds is 4. The predicted molar refractivity (Wildman–Crippen MR) is 81.3 cm³/mol. The average Bonchev–Trinajstić information content (AvgIpc) is 2.78. The fourth-order valence-electron chi connectivity index (χ4n) is 2.70. The summed E-state index contributed by atoms with van der Waals surface area (Å²) in [4.78, 5) is 6.75. The molecule has 0 spiro atoms. The Bertz CT molecular complexity index is 442. The number of nitrogens with zero attached hydrogens (tertiary/aromatic N) is 2. The maximum atomic E-state index is 5.79. The van der Waals surface area contributed by atoms with Gasteiger partial charge < -0.3 is 16.0 Å². The van der Waals surface area contributed by atoms with Crippen molar-refractivity contribution < 1.29 is 0 Å². The van der Waals surface area contributed by atoms with Crippen LogP contribution in [0.4, 0.5) is 11.5 Å².